The molecule has 1 aromatic rings. The summed E-state index contributed by atoms with van der Waals surface area (Å²) in [6, 6.07) is 5.54. The maximum atomic E-state index is 12.8. The molecule has 1 aromatic carbocycles. The van der Waals surface area contributed by atoms with Gasteiger partial charge in [0, 0.05) is 37.7 Å². The van der Waals surface area contributed by atoms with Crippen LogP contribution in [0.25, 0.3) is 0 Å². The van der Waals surface area contributed by atoms with Crippen LogP contribution >= 0.6 is 12.4 Å². The molecule has 1 aliphatic rings. The molecule has 0 saturated carbocycles. The summed E-state index contributed by atoms with van der Waals surface area (Å²) in [6.07, 6.45) is 4.12. The van der Waals surface area contributed by atoms with Gasteiger partial charge in [-0.2, -0.15) is 0 Å². The number of carbonyl (C=O) groups is 2. The number of rotatable bonds is 6. The summed E-state index contributed by atoms with van der Waals surface area (Å²) in [5.41, 5.74) is 6.14. The van der Waals surface area contributed by atoms with Gasteiger partial charge in [0.2, 0.25) is 5.91 Å². The molecule has 2 rings (SSSR count). The number of nitrogens with two attached hydrogens (primary N) is 1. The summed E-state index contributed by atoms with van der Waals surface area (Å²) in [5, 5.41) is 2.75. The monoisotopic (exact) mass is 357 g/mol. The van der Waals surface area contributed by atoms with Crippen molar-refractivity contribution in [1.29, 1.82) is 0 Å². The van der Waals surface area contributed by atoms with E-state index in [4.69, 9.17) is 5.73 Å². The highest BCUT2D eigenvalue weighted by atomic mass is 35.5. The summed E-state index contributed by atoms with van der Waals surface area (Å²) < 4.78 is 12.8. The quantitative estimate of drug-likeness (QED) is 0.765. The summed E-state index contributed by atoms with van der Waals surface area (Å²) in [6.45, 7) is 1.71. The molecule has 3 N–H and O–H groups in total. The van der Waals surface area contributed by atoms with Crippen LogP contribution in [0.15, 0.2) is 24.3 Å². The fourth-order valence-corrected chi connectivity index (χ4v) is 2.86. The molecule has 1 atom stereocenters. The van der Waals surface area contributed by atoms with Crippen molar-refractivity contribution in [2.24, 2.45) is 5.73 Å². The zero-order chi connectivity index (χ0) is 16.7. The van der Waals surface area contributed by atoms with Crippen LogP contribution in [0.5, 0.6) is 0 Å². The predicted octanol–water partition coefficient (Wildman–Crippen LogP) is 2.10. The third-order valence-corrected chi connectivity index (χ3v) is 4.18. The Morgan fingerprint density at radius 2 is 1.96 bits per heavy atom. The Labute approximate surface area is 148 Å². The van der Waals surface area contributed by atoms with Crippen LogP contribution in [-0.4, -0.2) is 42.4 Å². The average Bonchev–Trinajstić information content (AvgIpc) is 2.58. The van der Waals surface area contributed by atoms with Crippen LogP contribution < -0.4 is 11.1 Å². The third kappa shape index (κ3) is 5.76. The van der Waals surface area contributed by atoms with Crippen molar-refractivity contribution in [3.8, 4) is 0 Å². The van der Waals surface area contributed by atoms with Gasteiger partial charge in [0.1, 0.15) is 5.82 Å². The van der Waals surface area contributed by atoms with Gasteiger partial charge in [0.25, 0.3) is 5.91 Å². The van der Waals surface area contributed by atoms with E-state index in [1.165, 1.54) is 24.3 Å². The highest BCUT2D eigenvalue weighted by Crippen LogP contribution is 2.17. The molecule has 7 heteroatoms. The first-order chi connectivity index (χ1) is 11.1. The van der Waals surface area contributed by atoms with Gasteiger partial charge in [0.15, 0.2) is 0 Å². The molecule has 1 aliphatic heterocycles. The summed E-state index contributed by atoms with van der Waals surface area (Å²) in [4.78, 5) is 26.0. The van der Waals surface area contributed by atoms with Crippen molar-refractivity contribution >= 4 is 24.2 Å². The standard InChI is InChI=1S/C17H24FN3O2.ClH/c18-14-8-6-13(7-9-14)17(23)20-10-3-5-16(22)21-11-2-1-4-15(21)12-19;/h6-9,15H,1-5,10-12,19H2,(H,20,23);1H. The molecular formula is C17H25ClFN3O2. The number of hydrogen-bond donors (Lipinski definition) is 2. The van der Waals surface area contributed by atoms with E-state index in [-0.39, 0.29) is 36.1 Å². The third-order valence-electron chi connectivity index (χ3n) is 4.18. The Morgan fingerprint density at radius 3 is 2.62 bits per heavy atom. The summed E-state index contributed by atoms with van der Waals surface area (Å²) in [5.74, 6) is -0.519. The second kappa shape index (κ2) is 10.3. The minimum atomic E-state index is -0.372. The van der Waals surface area contributed by atoms with Crippen LogP contribution in [0.3, 0.4) is 0 Å². The van der Waals surface area contributed by atoms with Crippen LogP contribution in [0, 0.1) is 5.82 Å². The van der Waals surface area contributed by atoms with E-state index < -0.39 is 0 Å². The highest BCUT2D eigenvalue weighted by Gasteiger charge is 2.24. The maximum Gasteiger partial charge on any atom is 0.251 e. The normalized spacial score (nSPS) is 17.1. The lowest BCUT2D eigenvalue weighted by Crippen LogP contribution is -2.47. The van der Waals surface area contributed by atoms with E-state index in [2.05, 4.69) is 5.32 Å². The first-order valence-electron chi connectivity index (χ1n) is 8.15. The molecule has 24 heavy (non-hydrogen) atoms. The number of likely N-dealkylation sites (tertiary alicyclic amines) is 1. The second-order valence-corrected chi connectivity index (χ2v) is 5.84. The molecule has 0 radical (unpaired) electrons. The molecule has 1 saturated heterocycles. The van der Waals surface area contributed by atoms with Crippen LogP contribution in [0.4, 0.5) is 4.39 Å². The van der Waals surface area contributed by atoms with E-state index in [1.54, 1.807) is 0 Å². The number of nitrogens with zero attached hydrogens (tertiary/aromatic N) is 1. The minimum absolute atomic E-state index is 0. The topological polar surface area (TPSA) is 75.4 Å². The molecule has 1 unspecified atom stereocenters. The molecule has 1 fully saturated rings. The van der Waals surface area contributed by atoms with Gasteiger partial charge in [-0.1, -0.05) is 0 Å². The van der Waals surface area contributed by atoms with Crippen LogP contribution in [0.1, 0.15) is 42.5 Å². The largest absolute Gasteiger partial charge is 0.352 e. The minimum Gasteiger partial charge on any atom is -0.352 e. The number of hydrogen-bond acceptors (Lipinski definition) is 3. The van der Waals surface area contributed by atoms with Crippen molar-refractivity contribution in [3.63, 3.8) is 0 Å². The first-order valence-corrected chi connectivity index (χ1v) is 8.15. The van der Waals surface area contributed by atoms with Gasteiger partial charge >= 0.3 is 0 Å². The van der Waals surface area contributed by atoms with Crippen molar-refractivity contribution in [2.45, 2.75) is 38.1 Å². The van der Waals surface area contributed by atoms with Crippen molar-refractivity contribution < 1.29 is 14.0 Å². The lowest BCUT2D eigenvalue weighted by atomic mass is 10.0. The van der Waals surface area contributed by atoms with Gasteiger partial charge in [-0.3, -0.25) is 9.59 Å². The van der Waals surface area contributed by atoms with E-state index >= 15 is 0 Å². The van der Waals surface area contributed by atoms with E-state index in [0.717, 1.165) is 25.8 Å². The van der Waals surface area contributed by atoms with Gasteiger partial charge < -0.3 is 16.0 Å². The fourth-order valence-electron chi connectivity index (χ4n) is 2.86. The fraction of sp³-hybridized carbons (Fsp3) is 0.529. The zero-order valence-corrected chi connectivity index (χ0v) is 14.5. The summed E-state index contributed by atoms with van der Waals surface area (Å²) in [7, 11) is 0. The van der Waals surface area contributed by atoms with E-state index in [0.29, 0.717) is 31.5 Å². The number of benzene rings is 1. The SMILES string of the molecule is Cl.NCC1CCCCN1C(=O)CCCNC(=O)c1ccc(F)cc1. The Morgan fingerprint density at radius 1 is 1.25 bits per heavy atom. The van der Waals surface area contributed by atoms with Crippen molar-refractivity contribution in [2.75, 3.05) is 19.6 Å². The molecule has 0 spiro atoms. The number of halogens is 2. The molecular weight excluding hydrogens is 333 g/mol. The molecule has 0 aliphatic carbocycles. The first kappa shape index (κ1) is 20.4. The smallest absolute Gasteiger partial charge is 0.251 e. The Hall–Kier alpha value is -1.66. The van der Waals surface area contributed by atoms with Crippen molar-refractivity contribution in [3.05, 3.63) is 35.6 Å². The van der Waals surface area contributed by atoms with Gasteiger partial charge in [-0.05, 0) is 49.9 Å². The Kier molecular flexibility index (Phi) is 8.71. The van der Waals surface area contributed by atoms with Crippen LogP contribution in [-0.2, 0) is 4.79 Å². The van der Waals surface area contributed by atoms with Gasteiger partial charge in [0.05, 0.1) is 0 Å². The lowest BCUT2D eigenvalue weighted by Gasteiger charge is -2.35. The average molecular weight is 358 g/mol. The van der Waals surface area contributed by atoms with Crippen LogP contribution in [0.2, 0.25) is 0 Å². The van der Waals surface area contributed by atoms with Gasteiger partial charge in [-0.25, -0.2) is 4.39 Å². The summed E-state index contributed by atoms with van der Waals surface area (Å²) >= 11 is 0. The number of amides is 2. The number of piperidine rings is 1. The molecule has 1 heterocycles. The maximum absolute atomic E-state index is 12.8. The number of carbonyl (C=O) groups excluding carboxylic acids is 2. The highest BCUT2D eigenvalue weighted by molar-refractivity contribution is 5.94. The predicted molar refractivity (Wildman–Crippen MR) is 93.6 cm³/mol. The second-order valence-electron chi connectivity index (χ2n) is 5.84. The van der Waals surface area contributed by atoms with Gasteiger partial charge in [-0.15, -0.1) is 12.4 Å². The molecule has 5 nitrogen and oxygen atoms in total. The van der Waals surface area contributed by atoms with E-state index in [9.17, 15) is 14.0 Å². The van der Waals surface area contributed by atoms with Crippen molar-refractivity contribution in [1.82, 2.24) is 10.2 Å². The molecule has 0 bridgehead atoms. The zero-order valence-electron chi connectivity index (χ0n) is 13.7. The molecule has 2 amide bonds. The number of nitrogens with one attached hydrogen (secondary N) is 1. The molecule has 0 aromatic heterocycles. The lowest BCUT2D eigenvalue weighted by molar-refractivity contribution is -0.134. The Balaban J connectivity index is 0.00000288. The van der Waals surface area contributed by atoms with E-state index in [1.807, 2.05) is 4.90 Å². The Bertz CT molecular complexity index is 539. The molecule has 134 valence electrons.